The van der Waals surface area contributed by atoms with Gasteiger partial charge in [0.25, 0.3) is 0 Å². The number of nitrogens with zero attached hydrogens (tertiary/aromatic N) is 3. The van der Waals surface area contributed by atoms with Crippen molar-refractivity contribution in [2.24, 2.45) is 0 Å². The fraction of sp³-hybridized carbons (Fsp3) is 0.154. The van der Waals surface area contributed by atoms with Crippen molar-refractivity contribution in [1.29, 1.82) is 0 Å². The predicted molar refractivity (Wildman–Crippen MR) is 85.6 cm³/mol. The molecular formula is C13H11ClN4OS2. The Balaban J connectivity index is 1.74. The van der Waals surface area contributed by atoms with Gasteiger partial charge in [0.15, 0.2) is 5.13 Å². The van der Waals surface area contributed by atoms with Crippen molar-refractivity contribution in [2.75, 3.05) is 5.73 Å². The zero-order valence-corrected chi connectivity index (χ0v) is 13.4. The summed E-state index contributed by atoms with van der Waals surface area (Å²) in [6, 6.07) is 7.37. The summed E-state index contributed by atoms with van der Waals surface area (Å²) < 4.78 is 6.70. The van der Waals surface area contributed by atoms with Gasteiger partial charge in [0.05, 0.1) is 26.2 Å². The molecule has 0 aliphatic rings. The number of thioether (sulfide) groups is 1. The van der Waals surface area contributed by atoms with E-state index < -0.39 is 0 Å². The molecule has 2 aromatic heterocycles. The Labute approximate surface area is 134 Å². The number of thiazole rings is 1. The van der Waals surface area contributed by atoms with Gasteiger partial charge in [-0.25, -0.2) is 4.98 Å². The topological polar surface area (TPSA) is 77.8 Å². The van der Waals surface area contributed by atoms with Crippen molar-refractivity contribution in [2.45, 2.75) is 16.9 Å². The van der Waals surface area contributed by atoms with Crippen LogP contribution in [0.4, 0.5) is 5.13 Å². The van der Waals surface area contributed by atoms with Gasteiger partial charge >= 0.3 is 0 Å². The molecule has 2 N–H and O–H groups in total. The minimum absolute atomic E-state index is 0.428. The van der Waals surface area contributed by atoms with Gasteiger partial charge in [-0.05, 0) is 19.1 Å². The van der Waals surface area contributed by atoms with Crippen LogP contribution in [0.5, 0.6) is 0 Å². The number of anilines is 1. The average Bonchev–Trinajstić information content (AvgIpc) is 3.04. The number of aryl methyl sites for hydroxylation is 1. The van der Waals surface area contributed by atoms with E-state index in [1.165, 1.54) is 11.3 Å². The van der Waals surface area contributed by atoms with Crippen molar-refractivity contribution in [3.05, 3.63) is 40.9 Å². The molecule has 0 radical (unpaired) electrons. The highest BCUT2D eigenvalue weighted by Gasteiger charge is 2.13. The second-order valence-electron chi connectivity index (χ2n) is 4.19. The molecule has 108 valence electrons. The first kappa shape index (κ1) is 14.4. The van der Waals surface area contributed by atoms with Gasteiger partial charge in [0, 0.05) is 0 Å². The number of aromatic nitrogens is 3. The fourth-order valence-corrected chi connectivity index (χ4v) is 3.80. The third-order valence-electron chi connectivity index (χ3n) is 2.67. The SMILES string of the molecule is Cc1nc(N)sc1SCc1nnc(-c2ccccc2Cl)o1. The number of hydrogen-bond acceptors (Lipinski definition) is 7. The van der Waals surface area contributed by atoms with Crippen molar-refractivity contribution in [3.8, 4) is 11.5 Å². The van der Waals surface area contributed by atoms with Crippen LogP contribution in [0.2, 0.25) is 5.02 Å². The maximum atomic E-state index is 6.11. The van der Waals surface area contributed by atoms with E-state index >= 15 is 0 Å². The molecule has 2 heterocycles. The molecule has 0 unspecified atom stereocenters. The molecule has 0 spiro atoms. The standard InChI is InChI=1S/C13H11ClN4OS2/c1-7-12(21-13(15)16-7)20-6-10-17-18-11(19-10)8-4-2-3-5-9(8)14/h2-5H,6H2,1H3,(H2,15,16). The number of halogens is 1. The number of hydrogen-bond donors (Lipinski definition) is 1. The van der Waals surface area contributed by atoms with E-state index in [1.54, 1.807) is 17.8 Å². The summed E-state index contributed by atoms with van der Waals surface area (Å²) >= 11 is 9.15. The molecule has 5 nitrogen and oxygen atoms in total. The van der Waals surface area contributed by atoms with Crippen LogP contribution in [-0.2, 0) is 5.75 Å². The van der Waals surface area contributed by atoms with Crippen LogP contribution < -0.4 is 5.73 Å². The van der Waals surface area contributed by atoms with Gasteiger partial charge in [0.2, 0.25) is 11.8 Å². The highest BCUT2D eigenvalue weighted by atomic mass is 35.5. The van der Waals surface area contributed by atoms with Gasteiger partial charge in [0.1, 0.15) is 0 Å². The summed E-state index contributed by atoms with van der Waals surface area (Å²) in [4.78, 5) is 4.18. The largest absolute Gasteiger partial charge is 0.420 e. The van der Waals surface area contributed by atoms with E-state index in [-0.39, 0.29) is 0 Å². The van der Waals surface area contributed by atoms with Crippen LogP contribution in [0, 0.1) is 6.92 Å². The third kappa shape index (κ3) is 3.20. The van der Waals surface area contributed by atoms with Gasteiger partial charge in [-0.1, -0.05) is 35.1 Å². The quantitative estimate of drug-likeness (QED) is 0.723. The predicted octanol–water partition coefficient (Wildman–Crippen LogP) is 4.03. The second kappa shape index (κ2) is 6.05. The fourth-order valence-electron chi connectivity index (χ4n) is 1.72. The molecule has 3 rings (SSSR count). The van der Waals surface area contributed by atoms with Gasteiger partial charge in [-0.3, -0.25) is 0 Å². The molecule has 0 aliphatic heterocycles. The van der Waals surface area contributed by atoms with E-state index in [9.17, 15) is 0 Å². The summed E-state index contributed by atoms with van der Waals surface area (Å²) in [5.74, 6) is 1.54. The second-order valence-corrected chi connectivity index (χ2v) is 6.88. The summed E-state index contributed by atoms with van der Waals surface area (Å²) in [6.45, 7) is 1.93. The Morgan fingerprint density at radius 2 is 2.14 bits per heavy atom. The Morgan fingerprint density at radius 3 is 2.86 bits per heavy atom. The lowest BCUT2D eigenvalue weighted by Crippen LogP contribution is -1.81. The van der Waals surface area contributed by atoms with Gasteiger partial charge in [-0.15, -0.1) is 22.0 Å². The number of benzene rings is 1. The minimum atomic E-state index is 0.428. The van der Waals surface area contributed by atoms with Crippen molar-refractivity contribution < 1.29 is 4.42 Å². The van der Waals surface area contributed by atoms with Crippen LogP contribution in [0.25, 0.3) is 11.5 Å². The molecule has 0 saturated carbocycles. The lowest BCUT2D eigenvalue weighted by atomic mass is 10.2. The molecule has 0 saturated heterocycles. The summed E-state index contributed by atoms with van der Waals surface area (Å²) in [5, 5.41) is 9.23. The number of nitrogen functional groups attached to an aromatic ring is 1. The van der Waals surface area contributed by atoms with Crippen LogP contribution >= 0.6 is 34.7 Å². The molecule has 3 aromatic rings. The maximum absolute atomic E-state index is 6.11. The molecule has 21 heavy (non-hydrogen) atoms. The molecule has 0 fully saturated rings. The van der Waals surface area contributed by atoms with E-state index in [1.807, 2.05) is 25.1 Å². The summed E-state index contributed by atoms with van der Waals surface area (Å²) in [7, 11) is 0. The van der Waals surface area contributed by atoms with E-state index in [0.29, 0.717) is 27.7 Å². The molecule has 8 heteroatoms. The Kier molecular flexibility index (Phi) is 4.14. The maximum Gasteiger partial charge on any atom is 0.249 e. The smallest absolute Gasteiger partial charge is 0.249 e. The van der Waals surface area contributed by atoms with E-state index in [4.69, 9.17) is 21.8 Å². The monoisotopic (exact) mass is 338 g/mol. The molecular weight excluding hydrogens is 328 g/mol. The van der Waals surface area contributed by atoms with Crippen LogP contribution in [0.3, 0.4) is 0 Å². The summed E-state index contributed by atoms with van der Waals surface area (Å²) in [5.41, 5.74) is 7.33. The van der Waals surface area contributed by atoms with Crippen molar-refractivity contribution >= 4 is 39.8 Å². The zero-order chi connectivity index (χ0) is 14.8. The first-order valence-electron chi connectivity index (χ1n) is 6.06. The zero-order valence-electron chi connectivity index (χ0n) is 11.0. The lowest BCUT2D eigenvalue weighted by Gasteiger charge is -1.97. The average molecular weight is 339 g/mol. The van der Waals surface area contributed by atoms with Gasteiger partial charge in [-0.2, -0.15) is 0 Å². The number of nitrogens with two attached hydrogens (primary N) is 1. The van der Waals surface area contributed by atoms with Crippen LogP contribution in [0.15, 0.2) is 32.9 Å². The van der Waals surface area contributed by atoms with Crippen LogP contribution in [-0.4, -0.2) is 15.2 Å². The van der Waals surface area contributed by atoms with Crippen LogP contribution in [0.1, 0.15) is 11.6 Å². The van der Waals surface area contributed by atoms with E-state index in [0.717, 1.165) is 15.5 Å². The van der Waals surface area contributed by atoms with Gasteiger partial charge < -0.3 is 10.2 Å². The first-order valence-corrected chi connectivity index (χ1v) is 8.24. The number of rotatable bonds is 4. The highest BCUT2D eigenvalue weighted by molar-refractivity contribution is 8.00. The van der Waals surface area contributed by atoms with Crippen molar-refractivity contribution in [1.82, 2.24) is 15.2 Å². The Bertz CT molecular complexity index is 771. The van der Waals surface area contributed by atoms with Crippen molar-refractivity contribution in [3.63, 3.8) is 0 Å². The molecule has 0 atom stereocenters. The Morgan fingerprint density at radius 1 is 1.33 bits per heavy atom. The highest BCUT2D eigenvalue weighted by Crippen LogP contribution is 2.33. The molecule has 0 bridgehead atoms. The Hall–Kier alpha value is -1.57. The minimum Gasteiger partial charge on any atom is -0.420 e. The molecule has 1 aromatic carbocycles. The molecule has 0 aliphatic carbocycles. The molecule has 0 amide bonds. The summed E-state index contributed by atoms with van der Waals surface area (Å²) in [6.07, 6.45) is 0. The van der Waals surface area contributed by atoms with E-state index in [2.05, 4.69) is 15.2 Å². The lowest BCUT2D eigenvalue weighted by molar-refractivity contribution is 0.528. The third-order valence-corrected chi connectivity index (χ3v) is 5.33. The first-order chi connectivity index (χ1) is 10.1. The normalized spacial score (nSPS) is 11.0.